The van der Waals surface area contributed by atoms with Crippen molar-refractivity contribution in [3.63, 3.8) is 0 Å². The molecule has 1 aromatic rings. The molecule has 1 aliphatic carbocycles. The van der Waals surface area contributed by atoms with Crippen molar-refractivity contribution >= 4 is 5.69 Å². The van der Waals surface area contributed by atoms with Gasteiger partial charge in [0.05, 0.1) is 24.2 Å². The topological polar surface area (TPSA) is 84.6 Å². The van der Waals surface area contributed by atoms with Gasteiger partial charge in [-0.3, -0.25) is 10.1 Å². The summed E-state index contributed by atoms with van der Waals surface area (Å²) in [4.78, 5) is 10.4. The molecule has 0 amide bonds. The van der Waals surface area contributed by atoms with Crippen LogP contribution in [0.3, 0.4) is 0 Å². The number of nitrogens with zero attached hydrogens (tertiary/aromatic N) is 1. The number of nitro benzene ring substituents is 1. The Labute approximate surface area is 117 Å². The maximum Gasteiger partial charge on any atom is 0.273 e. The number of non-ortho nitro benzene ring substituents is 1. The second-order valence-electron chi connectivity index (χ2n) is 5.26. The van der Waals surface area contributed by atoms with E-state index in [1.807, 2.05) is 0 Å². The van der Waals surface area contributed by atoms with Crippen LogP contribution in [0, 0.1) is 16.0 Å². The Bertz CT molecular complexity index is 478. The maximum absolute atomic E-state index is 10.8. The molecular formula is C14H20N2O4. The quantitative estimate of drug-likeness (QED) is 0.613. The molecule has 0 aromatic heterocycles. The van der Waals surface area contributed by atoms with Crippen LogP contribution in [0.4, 0.5) is 5.69 Å². The molecule has 6 heteroatoms. The van der Waals surface area contributed by atoms with E-state index in [1.165, 1.54) is 13.2 Å². The predicted molar refractivity (Wildman–Crippen MR) is 74.7 cm³/mol. The molecule has 0 spiro atoms. The Kier molecular flexibility index (Phi) is 4.92. The SMILES string of the molecule is COc1cc(CNCC2CCC(O)C2)cc([N+](=O)[O-])c1. The van der Waals surface area contributed by atoms with Crippen LogP contribution in [0.25, 0.3) is 0 Å². The fourth-order valence-corrected chi connectivity index (χ4v) is 2.62. The van der Waals surface area contributed by atoms with Gasteiger partial charge in [-0.2, -0.15) is 0 Å². The van der Waals surface area contributed by atoms with Gasteiger partial charge in [0, 0.05) is 12.6 Å². The first-order valence-corrected chi connectivity index (χ1v) is 6.79. The van der Waals surface area contributed by atoms with Gasteiger partial charge < -0.3 is 15.2 Å². The van der Waals surface area contributed by atoms with Gasteiger partial charge in [-0.25, -0.2) is 0 Å². The van der Waals surface area contributed by atoms with Crippen LogP contribution in [-0.2, 0) is 6.54 Å². The second-order valence-corrected chi connectivity index (χ2v) is 5.26. The van der Waals surface area contributed by atoms with Crippen molar-refractivity contribution < 1.29 is 14.8 Å². The smallest absolute Gasteiger partial charge is 0.273 e. The van der Waals surface area contributed by atoms with Gasteiger partial charge in [0.2, 0.25) is 0 Å². The highest BCUT2D eigenvalue weighted by molar-refractivity contribution is 5.42. The summed E-state index contributed by atoms with van der Waals surface area (Å²) in [5, 5.41) is 23.6. The summed E-state index contributed by atoms with van der Waals surface area (Å²) < 4.78 is 5.07. The summed E-state index contributed by atoms with van der Waals surface area (Å²) in [5.74, 6) is 0.984. The van der Waals surface area contributed by atoms with E-state index in [4.69, 9.17) is 4.74 Å². The van der Waals surface area contributed by atoms with Crippen molar-refractivity contribution in [1.29, 1.82) is 0 Å². The molecule has 6 nitrogen and oxygen atoms in total. The lowest BCUT2D eigenvalue weighted by atomic mass is 10.1. The average molecular weight is 280 g/mol. The third-order valence-electron chi connectivity index (χ3n) is 3.67. The Morgan fingerprint density at radius 1 is 1.45 bits per heavy atom. The summed E-state index contributed by atoms with van der Waals surface area (Å²) in [6.07, 6.45) is 2.58. The molecule has 1 aliphatic rings. The van der Waals surface area contributed by atoms with Crippen LogP contribution in [0.2, 0.25) is 0 Å². The first-order chi connectivity index (χ1) is 9.58. The molecule has 2 rings (SSSR count). The van der Waals surface area contributed by atoms with Crippen LogP contribution in [0.1, 0.15) is 24.8 Å². The number of nitrogens with one attached hydrogen (secondary N) is 1. The minimum Gasteiger partial charge on any atom is -0.496 e. The molecule has 110 valence electrons. The van der Waals surface area contributed by atoms with E-state index >= 15 is 0 Å². The minimum absolute atomic E-state index is 0.0393. The van der Waals surface area contributed by atoms with Crippen molar-refractivity contribution in [3.8, 4) is 5.75 Å². The third-order valence-corrected chi connectivity index (χ3v) is 3.67. The number of aliphatic hydroxyl groups is 1. The van der Waals surface area contributed by atoms with Gasteiger partial charge in [-0.15, -0.1) is 0 Å². The molecule has 1 fully saturated rings. The summed E-state index contributed by atoms with van der Waals surface area (Å²) in [6.45, 7) is 1.38. The number of ether oxygens (including phenoxy) is 1. The van der Waals surface area contributed by atoms with Gasteiger partial charge in [0.1, 0.15) is 5.75 Å². The van der Waals surface area contributed by atoms with E-state index in [2.05, 4.69) is 5.32 Å². The molecule has 0 radical (unpaired) electrons. The normalized spacial score (nSPS) is 21.9. The maximum atomic E-state index is 10.8. The fraction of sp³-hybridized carbons (Fsp3) is 0.571. The number of methoxy groups -OCH3 is 1. The van der Waals surface area contributed by atoms with Crippen LogP contribution >= 0.6 is 0 Å². The lowest BCUT2D eigenvalue weighted by Gasteiger charge is -2.11. The minimum atomic E-state index is -0.417. The standard InChI is InChI=1S/C14H20N2O4/c1-20-14-6-11(4-12(7-14)16(18)19)9-15-8-10-2-3-13(17)5-10/h4,6-7,10,13,15,17H,2-3,5,8-9H2,1H3. The van der Waals surface area contributed by atoms with Crippen LogP contribution in [-0.4, -0.2) is 29.8 Å². The number of aliphatic hydroxyl groups excluding tert-OH is 1. The number of nitro groups is 1. The lowest BCUT2D eigenvalue weighted by Crippen LogP contribution is -2.21. The zero-order chi connectivity index (χ0) is 14.5. The molecule has 0 heterocycles. The van der Waals surface area contributed by atoms with Crippen molar-refractivity contribution in [1.82, 2.24) is 5.32 Å². The highest BCUT2D eigenvalue weighted by atomic mass is 16.6. The van der Waals surface area contributed by atoms with Crippen LogP contribution in [0.5, 0.6) is 5.75 Å². The van der Waals surface area contributed by atoms with E-state index in [9.17, 15) is 15.2 Å². The van der Waals surface area contributed by atoms with Crippen molar-refractivity contribution in [2.24, 2.45) is 5.92 Å². The first-order valence-electron chi connectivity index (χ1n) is 6.79. The fourth-order valence-electron chi connectivity index (χ4n) is 2.62. The molecule has 0 aliphatic heterocycles. The largest absolute Gasteiger partial charge is 0.496 e. The Hall–Kier alpha value is -1.66. The molecule has 0 saturated heterocycles. The summed E-state index contributed by atoms with van der Waals surface area (Å²) >= 11 is 0. The number of hydrogen-bond acceptors (Lipinski definition) is 5. The Morgan fingerprint density at radius 2 is 2.25 bits per heavy atom. The van der Waals surface area contributed by atoms with E-state index in [0.717, 1.165) is 31.4 Å². The Morgan fingerprint density at radius 3 is 2.85 bits per heavy atom. The first kappa shape index (κ1) is 14.7. The Balaban J connectivity index is 1.91. The van der Waals surface area contributed by atoms with Crippen molar-refractivity contribution in [2.45, 2.75) is 31.9 Å². The van der Waals surface area contributed by atoms with E-state index < -0.39 is 4.92 Å². The van der Waals surface area contributed by atoms with E-state index in [0.29, 0.717) is 18.2 Å². The zero-order valence-corrected chi connectivity index (χ0v) is 11.5. The van der Waals surface area contributed by atoms with E-state index in [-0.39, 0.29) is 11.8 Å². The van der Waals surface area contributed by atoms with Gasteiger partial charge in [0.25, 0.3) is 5.69 Å². The van der Waals surface area contributed by atoms with Crippen LogP contribution < -0.4 is 10.1 Å². The van der Waals surface area contributed by atoms with Gasteiger partial charge in [0.15, 0.2) is 0 Å². The van der Waals surface area contributed by atoms with Crippen LogP contribution in [0.15, 0.2) is 18.2 Å². The number of rotatable bonds is 6. The van der Waals surface area contributed by atoms with Crippen molar-refractivity contribution in [2.75, 3.05) is 13.7 Å². The number of hydrogen-bond donors (Lipinski definition) is 2. The third kappa shape index (κ3) is 3.91. The monoisotopic (exact) mass is 280 g/mol. The molecule has 1 aromatic carbocycles. The van der Waals surface area contributed by atoms with Gasteiger partial charge in [-0.1, -0.05) is 0 Å². The zero-order valence-electron chi connectivity index (χ0n) is 11.5. The molecule has 0 bridgehead atoms. The van der Waals surface area contributed by atoms with Crippen molar-refractivity contribution in [3.05, 3.63) is 33.9 Å². The molecule has 1 saturated carbocycles. The molecule has 2 N–H and O–H groups in total. The van der Waals surface area contributed by atoms with Gasteiger partial charge >= 0.3 is 0 Å². The highest BCUT2D eigenvalue weighted by Gasteiger charge is 2.22. The summed E-state index contributed by atoms with van der Waals surface area (Å²) in [6, 6.07) is 4.76. The molecule has 20 heavy (non-hydrogen) atoms. The summed E-state index contributed by atoms with van der Waals surface area (Å²) in [7, 11) is 1.50. The highest BCUT2D eigenvalue weighted by Crippen LogP contribution is 2.25. The average Bonchev–Trinajstić information content (AvgIpc) is 2.84. The predicted octanol–water partition coefficient (Wildman–Crippen LogP) is 1.85. The number of benzene rings is 1. The lowest BCUT2D eigenvalue weighted by molar-refractivity contribution is -0.385. The molecule has 2 unspecified atom stereocenters. The van der Waals surface area contributed by atoms with Gasteiger partial charge in [-0.05, 0) is 43.4 Å². The van der Waals surface area contributed by atoms with E-state index in [1.54, 1.807) is 12.1 Å². The molecule has 2 atom stereocenters. The second kappa shape index (κ2) is 6.67. The molecular weight excluding hydrogens is 260 g/mol. The summed E-state index contributed by atoms with van der Waals surface area (Å²) in [5.41, 5.74) is 0.868.